The molecule has 0 saturated carbocycles. The van der Waals surface area contributed by atoms with Crippen LogP contribution in [-0.2, 0) is 0 Å². The Morgan fingerprint density at radius 3 is 2.83 bits per heavy atom. The molecule has 0 aromatic carbocycles. The van der Waals surface area contributed by atoms with Crippen molar-refractivity contribution in [1.82, 2.24) is 10.2 Å². The van der Waals surface area contributed by atoms with Crippen molar-refractivity contribution in [3.63, 3.8) is 0 Å². The fourth-order valence-electron chi connectivity index (χ4n) is 1.52. The second-order valence-corrected chi connectivity index (χ2v) is 3.72. The van der Waals surface area contributed by atoms with Gasteiger partial charge in [-0.05, 0) is 32.4 Å². The summed E-state index contributed by atoms with van der Waals surface area (Å²) in [4.78, 5) is 2.43. The summed E-state index contributed by atoms with van der Waals surface area (Å²) in [7, 11) is 2.21. The molecule has 0 aromatic rings. The summed E-state index contributed by atoms with van der Waals surface area (Å²) >= 11 is 0. The fraction of sp³-hybridized carbons (Fsp3) is 0.800. The average molecular weight is 168 g/mol. The van der Waals surface area contributed by atoms with Crippen molar-refractivity contribution < 1.29 is 0 Å². The van der Waals surface area contributed by atoms with E-state index in [1.807, 2.05) is 6.08 Å². The molecule has 0 amide bonds. The number of nitrogens with zero attached hydrogens (tertiary/aromatic N) is 1. The summed E-state index contributed by atoms with van der Waals surface area (Å²) in [5.41, 5.74) is 0. The topological polar surface area (TPSA) is 15.3 Å². The molecule has 1 rings (SSSR count). The Labute approximate surface area is 75.6 Å². The molecule has 0 aliphatic carbocycles. The van der Waals surface area contributed by atoms with Crippen molar-refractivity contribution in [2.24, 2.45) is 5.92 Å². The zero-order valence-electron chi connectivity index (χ0n) is 8.05. The molecule has 2 nitrogen and oxygen atoms in total. The summed E-state index contributed by atoms with van der Waals surface area (Å²) in [6.07, 6.45) is 4.39. The van der Waals surface area contributed by atoms with Gasteiger partial charge in [-0.1, -0.05) is 6.08 Å². The summed E-state index contributed by atoms with van der Waals surface area (Å²) in [5, 5.41) is 3.29. The first-order valence-corrected chi connectivity index (χ1v) is 4.83. The van der Waals surface area contributed by atoms with Crippen LogP contribution in [0.25, 0.3) is 0 Å². The smallest absolute Gasteiger partial charge is 0.00309 e. The highest BCUT2D eigenvalue weighted by atomic mass is 15.1. The van der Waals surface area contributed by atoms with Gasteiger partial charge in [0.05, 0.1) is 0 Å². The summed E-state index contributed by atoms with van der Waals surface area (Å²) in [6, 6.07) is 0. The maximum Gasteiger partial charge on any atom is 0.00309 e. The lowest BCUT2D eigenvalue weighted by atomic mass is 10.0. The molecule has 0 aromatic heterocycles. The number of unbranched alkanes of at least 4 members (excludes halogenated alkanes) is 1. The third-order valence-corrected chi connectivity index (χ3v) is 2.38. The predicted molar refractivity (Wildman–Crippen MR) is 53.3 cm³/mol. The van der Waals surface area contributed by atoms with Gasteiger partial charge in [0.25, 0.3) is 0 Å². The molecule has 12 heavy (non-hydrogen) atoms. The van der Waals surface area contributed by atoms with Gasteiger partial charge < -0.3 is 10.2 Å². The molecule has 0 bridgehead atoms. The molecular formula is C10H20N2. The summed E-state index contributed by atoms with van der Waals surface area (Å²) in [6.45, 7) is 8.61. The van der Waals surface area contributed by atoms with Gasteiger partial charge in [-0.15, -0.1) is 6.58 Å². The molecule has 0 atom stereocenters. The summed E-state index contributed by atoms with van der Waals surface area (Å²) in [5.74, 6) is 0.902. The standard InChI is InChI=1S/C10H20N2/c1-3-4-5-6-12(2)9-10-7-11-8-10/h3,10-11H,1,4-9H2,2H3. The van der Waals surface area contributed by atoms with Crippen LogP contribution in [0.4, 0.5) is 0 Å². The van der Waals surface area contributed by atoms with E-state index in [0.29, 0.717) is 0 Å². The SMILES string of the molecule is C=CCCCN(C)CC1CNC1. The lowest BCUT2D eigenvalue weighted by molar-refractivity contribution is 0.223. The van der Waals surface area contributed by atoms with E-state index in [9.17, 15) is 0 Å². The average Bonchev–Trinajstić information content (AvgIpc) is 1.98. The van der Waals surface area contributed by atoms with Crippen LogP contribution in [0.3, 0.4) is 0 Å². The van der Waals surface area contributed by atoms with E-state index in [2.05, 4.69) is 23.8 Å². The third kappa shape index (κ3) is 3.37. The molecule has 1 saturated heterocycles. The van der Waals surface area contributed by atoms with Crippen LogP contribution in [0.1, 0.15) is 12.8 Å². The Kier molecular flexibility index (Phi) is 4.33. The van der Waals surface area contributed by atoms with Crippen molar-refractivity contribution in [3.8, 4) is 0 Å². The Hall–Kier alpha value is -0.340. The highest BCUT2D eigenvalue weighted by Gasteiger charge is 2.17. The van der Waals surface area contributed by atoms with Crippen molar-refractivity contribution in [1.29, 1.82) is 0 Å². The van der Waals surface area contributed by atoms with Gasteiger partial charge in [-0.2, -0.15) is 0 Å². The zero-order chi connectivity index (χ0) is 8.81. The van der Waals surface area contributed by atoms with Crippen LogP contribution in [-0.4, -0.2) is 38.1 Å². The van der Waals surface area contributed by atoms with Crippen LogP contribution < -0.4 is 5.32 Å². The molecule has 1 aliphatic heterocycles. The van der Waals surface area contributed by atoms with Crippen molar-refractivity contribution >= 4 is 0 Å². The minimum absolute atomic E-state index is 0.902. The number of hydrogen-bond donors (Lipinski definition) is 1. The number of allylic oxidation sites excluding steroid dienone is 1. The van der Waals surface area contributed by atoms with Crippen LogP contribution >= 0.6 is 0 Å². The lowest BCUT2D eigenvalue weighted by Gasteiger charge is -2.31. The number of hydrogen-bond acceptors (Lipinski definition) is 2. The fourth-order valence-corrected chi connectivity index (χ4v) is 1.52. The normalized spacial score (nSPS) is 17.8. The molecule has 0 radical (unpaired) electrons. The second-order valence-electron chi connectivity index (χ2n) is 3.72. The van der Waals surface area contributed by atoms with Crippen LogP contribution in [0.5, 0.6) is 0 Å². The highest BCUT2D eigenvalue weighted by molar-refractivity contribution is 4.77. The van der Waals surface area contributed by atoms with E-state index in [4.69, 9.17) is 0 Å². The van der Waals surface area contributed by atoms with E-state index in [1.165, 1.54) is 32.6 Å². The first-order chi connectivity index (χ1) is 5.83. The first-order valence-electron chi connectivity index (χ1n) is 4.83. The maximum absolute atomic E-state index is 3.72. The van der Waals surface area contributed by atoms with Gasteiger partial charge in [0, 0.05) is 19.6 Å². The van der Waals surface area contributed by atoms with Crippen LogP contribution in [0.2, 0.25) is 0 Å². The summed E-state index contributed by atoms with van der Waals surface area (Å²) < 4.78 is 0. The molecular weight excluding hydrogens is 148 g/mol. The Bertz CT molecular complexity index is 130. The minimum atomic E-state index is 0.902. The van der Waals surface area contributed by atoms with Crippen molar-refractivity contribution in [2.45, 2.75) is 12.8 Å². The van der Waals surface area contributed by atoms with Crippen LogP contribution in [0.15, 0.2) is 12.7 Å². The van der Waals surface area contributed by atoms with E-state index < -0.39 is 0 Å². The molecule has 1 N–H and O–H groups in total. The second kappa shape index (κ2) is 5.33. The monoisotopic (exact) mass is 168 g/mol. The molecule has 0 spiro atoms. The minimum Gasteiger partial charge on any atom is -0.316 e. The number of nitrogens with one attached hydrogen (secondary N) is 1. The van der Waals surface area contributed by atoms with Crippen LogP contribution in [0, 0.1) is 5.92 Å². The van der Waals surface area contributed by atoms with Gasteiger partial charge in [-0.3, -0.25) is 0 Å². The maximum atomic E-state index is 3.72. The molecule has 0 unspecified atom stereocenters. The quantitative estimate of drug-likeness (QED) is 0.472. The largest absolute Gasteiger partial charge is 0.316 e. The Balaban J connectivity index is 1.94. The Morgan fingerprint density at radius 2 is 2.33 bits per heavy atom. The third-order valence-electron chi connectivity index (χ3n) is 2.38. The predicted octanol–water partition coefficient (Wildman–Crippen LogP) is 1.10. The lowest BCUT2D eigenvalue weighted by Crippen LogP contribution is -2.47. The van der Waals surface area contributed by atoms with E-state index >= 15 is 0 Å². The Morgan fingerprint density at radius 1 is 1.58 bits per heavy atom. The van der Waals surface area contributed by atoms with Gasteiger partial charge in [-0.25, -0.2) is 0 Å². The van der Waals surface area contributed by atoms with E-state index in [1.54, 1.807) is 0 Å². The van der Waals surface area contributed by atoms with Gasteiger partial charge in [0.2, 0.25) is 0 Å². The van der Waals surface area contributed by atoms with Crippen molar-refractivity contribution in [2.75, 3.05) is 33.2 Å². The van der Waals surface area contributed by atoms with Gasteiger partial charge in [0.1, 0.15) is 0 Å². The van der Waals surface area contributed by atoms with Gasteiger partial charge >= 0.3 is 0 Å². The molecule has 70 valence electrons. The van der Waals surface area contributed by atoms with Crippen molar-refractivity contribution in [3.05, 3.63) is 12.7 Å². The molecule has 1 fully saturated rings. The number of rotatable bonds is 6. The highest BCUT2D eigenvalue weighted by Crippen LogP contribution is 2.05. The van der Waals surface area contributed by atoms with E-state index in [-0.39, 0.29) is 0 Å². The van der Waals surface area contributed by atoms with E-state index in [0.717, 1.165) is 12.3 Å². The first kappa shape index (κ1) is 9.75. The molecule has 1 heterocycles. The van der Waals surface area contributed by atoms with Gasteiger partial charge in [0.15, 0.2) is 0 Å². The molecule has 2 heteroatoms. The zero-order valence-corrected chi connectivity index (χ0v) is 8.05. The molecule has 1 aliphatic rings.